The van der Waals surface area contributed by atoms with E-state index in [2.05, 4.69) is 30.9 Å². The third kappa shape index (κ3) is 7.75. The minimum Gasteiger partial charge on any atom is -0.463 e. The first-order valence-corrected chi connectivity index (χ1v) is 14.2. The molecule has 1 amide bonds. The SMILES string of the molecule is CC(C)OC(=O)Cc1csc(Nc2nc(Nc3ccc(C(=O)NC4CC(C)(C)N(O)C(C)(C)C4)cc3)ncc2F)n1. The van der Waals surface area contributed by atoms with Crippen LogP contribution in [0.2, 0.25) is 0 Å². The fourth-order valence-electron chi connectivity index (χ4n) is 4.99. The molecular formula is C28H36FN7O4S. The van der Waals surface area contributed by atoms with E-state index in [1.807, 2.05) is 27.7 Å². The topological polar surface area (TPSA) is 142 Å². The van der Waals surface area contributed by atoms with Gasteiger partial charge >= 0.3 is 5.97 Å². The van der Waals surface area contributed by atoms with Gasteiger partial charge in [-0.1, -0.05) is 0 Å². The molecule has 1 aliphatic rings. The van der Waals surface area contributed by atoms with Gasteiger partial charge in [-0.2, -0.15) is 10.0 Å². The van der Waals surface area contributed by atoms with Crippen LogP contribution in [0.25, 0.3) is 0 Å². The van der Waals surface area contributed by atoms with Gasteiger partial charge in [0.25, 0.3) is 5.91 Å². The van der Waals surface area contributed by atoms with Gasteiger partial charge in [0.05, 0.1) is 24.4 Å². The molecule has 4 N–H and O–H groups in total. The fourth-order valence-corrected chi connectivity index (χ4v) is 5.70. The normalized spacial score (nSPS) is 16.8. The number of thiazole rings is 1. The Hall–Kier alpha value is -3.68. The van der Waals surface area contributed by atoms with Crippen LogP contribution in [0.1, 0.15) is 70.4 Å². The van der Waals surface area contributed by atoms with Gasteiger partial charge in [0.2, 0.25) is 5.95 Å². The van der Waals surface area contributed by atoms with Crippen molar-refractivity contribution < 1.29 is 23.9 Å². The summed E-state index contributed by atoms with van der Waals surface area (Å²) < 4.78 is 19.6. The number of carbonyl (C=O) groups is 2. The predicted octanol–water partition coefficient (Wildman–Crippen LogP) is 5.19. The number of esters is 1. The van der Waals surface area contributed by atoms with Gasteiger partial charge in [-0.3, -0.25) is 9.59 Å². The monoisotopic (exact) mass is 585 g/mol. The van der Waals surface area contributed by atoms with E-state index < -0.39 is 16.9 Å². The summed E-state index contributed by atoms with van der Waals surface area (Å²) >= 11 is 1.21. The summed E-state index contributed by atoms with van der Waals surface area (Å²) in [5, 5.41) is 22.9. The van der Waals surface area contributed by atoms with Crippen LogP contribution in [-0.4, -0.2) is 60.3 Å². The summed E-state index contributed by atoms with van der Waals surface area (Å²) in [6.07, 6.45) is 2.06. The number of piperidine rings is 1. The summed E-state index contributed by atoms with van der Waals surface area (Å²) in [5.74, 6) is -1.20. The molecule has 41 heavy (non-hydrogen) atoms. The molecule has 4 rings (SSSR count). The van der Waals surface area contributed by atoms with E-state index in [1.165, 1.54) is 16.4 Å². The largest absolute Gasteiger partial charge is 0.463 e. The van der Waals surface area contributed by atoms with Crippen molar-refractivity contribution in [2.24, 2.45) is 0 Å². The maximum Gasteiger partial charge on any atom is 0.312 e. The molecule has 220 valence electrons. The summed E-state index contributed by atoms with van der Waals surface area (Å²) in [6, 6.07) is 6.69. The number of amides is 1. The summed E-state index contributed by atoms with van der Waals surface area (Å²) in [5.41, 5.74) is 0.651. The van der Waals surface area contributed by atoms with Crippen LogP contribution >= 0.6 is 11.3 Å². The number of hydrogen-bond acceptors (Lipinski definition) is 11. The number of benzene rings is 1. The molecular weight excluding hydrogens is 549 g/mol. The van der Waals surface area contributed by atoms with Gasteiger partial charge in [0.1, 0.15) is 0 Å². The van der Waals surface area contributed by atoms with Gasteiger partial charge in [-0.15, -0.1) is 11.3 Å². The average molecular weight is 586 g/mol. The van der Waals surface area contributed by atoms with E-state index in [9.17, 15) is 19.2 Å². The lowest BCUT2D eigenvalue weighted by Crippen LogP contribution is -2.62. The Morgan fingerprint density at radius 1 is 1.12 bits per heavy atom. The summed E-state index contributed by atoms with van der Waals surface area (Å²) in [7, 11) is 0. The number of rotatable bonds is 9. The van der Waals surface area contributed by atoms with Crippen molar-refractivity contribution in [3.63, 3.8) is 0 Å². The summed E-state index contributed by atoms with van der Waals surface area (Å²) in [6.45, 7) is 11.3. The number of ether oxygens (including phenoxy) is 1. The molecule has 1 fully saturated rings. The molecule has 0 radical (unpaired) electrons. The Kier molecular flexibility index (Phi) is 8.90. The number of anilines is 4. The molecule has 0 saturated carbocycles. The van der Waals surface area contributed by atoms with Crippen LogP contribution in [0, 0.1) is 5.82 Å². The third-order valence-corrected chi connectivity index (χ3v) is 7.40. The highest BCUT2D eigenvalue weighted by Crippen LogP contribution is 2.36. The Balaban J connectivity index is 1.37. The Labute approximate surface area is 242 Å². The molecule has 0 atom stereocenters. The number of carbonyl (C=O) groups excluding carboxylic acids is 2. The molecule has 3 heterocycles. The second-order valence-electron chi connectivity index (χ2n) is 11.6. The zero-order valence-corrected chi connectivity index (χ0v) is 24.8. The lowest BCUT2D eigenvalue weighted by molar-refractivity contribution is -0.245. The predicted molar refractivity (Wildman–Crippen MR) is 154 cm³/mol. The molecule has 1 aromatic carbocycles. The second kappa shape index (κ2) is 12.0. The number of hydroxylamine groups is 2. The van der Waals surface area contributed by atoms with Crippen molar-refractivity contribution in [1.82, 2.24) is 25.3 Å². The summed E-state index contributed by atoms with van der Waals surface area (Å²) in [4.78, 5) is 37.3. The highest BCUT2D eigenvalue weighted by atomic mass is 32.1. The molecule has 2 aromatic heterocycles. The van der Waals surface area contributed by atoms with E-state index in [4.69, 9.17) is 4.74 Å². The third-order valence-electron chi connectivity index (χ3n) is 6.59. The first-order valence-electron chi connectivity index (χ1n) is 13.3. The van der Waals surface area contributed by atoms with Crippen molar-refractivity contribution in [3.05, 3.63) is 52.9 Å². The lowest BCUT2D eigenvalue weighted by Gasteiger charge is -2.51. The van der Waals surface area contributed by atoms with Gasteiger partial charge in [-0.25, -0.2) is 14.4 Å². The zero-order chi connectivity index (χ0) is 29.9. The van der Waals surface area contributed by atoms with Crippen LogP contribution in [0.4, 0.5) is 27.0 Å². The van der Waals surface area contributed by atoms with Gasteiger partial charge in [0.15, 0.2) is 16.8 Å². The molecule has 13 heteroatoms. The van der Waals surface area contributed by atoms with E-state index in [0.29, 0.717) is 34.9 Å². The van der Waals surface area contributed by atoms with Crippen LogP contribution < -0.4 is 16.0 Å². The minimum atomic E-state index is -0.670. The Morgan fingerprint density at radius 2 is 1.78 bits per heavy atom. The minimum absolute atomic E-state index is 0.0152. The van der Waals surface area contributed by atoms with Crippen LogP contribution in [0.15, 0.2) is 35.8 Å². The van der Waals surface area contributed by atoms with Gasteiger partial charge in [0, 0.05) is 33.8 Å². The molecule has 0 aliphatic carbocycles. The number of nitrogens with zero attached hydrogens (tertiary/aromatic N) is 4. The zero-order valence-electron chi connectivity index (χ0n) is 24.0. The van der Waals surface area contributed by atoms with E-state index >= 15 is 0 Å². The van der Waals surface area contributed by atoms with Crippen LogP contribution in [0.5, 0.6) is 0 Å². The molecule has 1 saturated heterocycles. The highest BCUT2D eigenvalue weighted by Gasteiger charge is 2.45. The van der Waals surface area contributed by atoms with E-state index in [1.54, 1.807) is 43.5 Å². The molecule has 11 nitrogen and oxygen atoms in total. The van der Waals surface area contributed by atoms with Crippen molar-refractivity contribution in [2.45, 2.75) is 84.0 Å². The van der Waals surface area contributed by atoms with Gasteiger partial charge < -0.3 is 25.9 Å². The lowest BCUT2D eigenvalue weighted by atomic mass is 9.79. The van der Waals surface area contributed by atoms with Crippen LogP contribution in [0.3, 0.4) is 0 Å². The van der Waals surface area contributed by atoms with Crippen molar-refractivity contribution in [3.8, 4) is 0 Å². The van der Waals surface area contributed by atoms with Crippen molar-refractivity contribution in [2.75, 3.05) is 10.6 Å². The maximum atomic E-state index is 14.4. The highest BCUT2D eigenvalue weighted by molar-refractivity contribution is 7.13. The van der Waals surface area contributed by atoms with E-state index in [0.717, 1.165) is 6.20 Å². The number of aromatic nitrogens is 3. The van der Waals surface area contributed by atoms with E-state index in [-0.39, 0.29) is 42.2 Å². The van der Waals surface area contributed by atoms with Crippen LogP contribution in [-0.2, 0) is 16.0 Å². The Morgan fingerprint density at radius 3 is 2.41 bits per heavy atom. The van der Waals surface area contributed by atoms with Gasteiger partial charge in [-0.05, 0) is 78.6 Å². The average Bonchev–Trinajstić information content (AvgIpc) is 3.30. The molecule has 0 bridgehead atoms. The van der Waals surface area contributed by atoms with Crippen molar-refractivity contribution in [1.29, 1.82) is 0 Å². The van der Waals surface area contributed by atoms with Crippen molar-refractivity contribution >= 4 is 45.8 Å². The Bertz CT molecular complexity index is 1380. The standard InChI is InChI=1S/C28H36FN7O4S/c1-16(2)40-22(37)11-19-15-41-26(33-19)35-23-21(29)14-30-25(34-23)32-18-9-7-17(8-10-18)24(38)31-20-12-27(3,4)36(39)28(5,6)13-20/h7-10,14-16,20,39H,11-13H2,1-6H3,(H,31,38)(H2,30,32,33,34,35). The smallest absolute Gasteiger partial charge is 0.312 e. The first kappa shape index (κ1) is 30.3. The molecule has 0 spiro atoms. The second-order valence-corrected chi connectivity index (χ2v) is 12.5. The maximum absolute atomic E-state index is 14.4. The fraction of sp³-hybridized carbons (Fsp3) is 0.464. The molecule has 1 aliphatic heterocycles. The molecule has 3 aromatic rings. The molecule has 0 unspecified atom stereocenters. The quantitative estimate of drug-likeness (QED) is 0.248. The number of hydrogen-bond donors (Lipinski definition) is 4. The number of halogens is 1. The first-order chi connectivity index (χ1) is 19.2. The number of nitrogens with one attached hydrogen (secondary N) is 3.